The van der Waals surface area contributed by atoms with Gasteiger partial charge in [0.15, 0.2) is 0 Å². The average Bonchev–Trinajstić information content (AvgIpc) is 2.61. The Morgan fingerprint density at radius 1 is 1.16 bits per heavy atom. The molecule has 0 spiro atoms. The monoisotopic (exact) mass is 357 g/mol. The third kappa shape index (κ3) is 4.19. The number of amides is 1. The van der Waals surface area contributed by atoms with Crippen LogP contribution < -0.4 is 0 Å². The summed E-state index contributed by atoms with van der Waals surface area (Å²) in [5.74, 6) is 4.93. The molecule has 25 heavy (non-hydrogen) atoms. The number of benzene rings is 2. The summed E-state index contributed by atoms with van der Waals surface area (Å²) >= 11 is 5.92. The number of rotatable bonds is 1. The third-order valence-electron chi connectivity index (χ3n) is 4.25. The Kier molecular flexibility index (Phi) is 5.08. The predicted octanol–water partition coefficient (Wildman–Crippen LogP) is 3.50. The molecule has 0 bridgehead atoms. The van der Waals surface area contributed by atoms with Gasteiger partial charge in [-0.25, -0.2) is 4.39 Å². The lowest BCUT2D eigenvalue weighted by Gasteiger charge is -2.35. The van der Waals surface area contributed by atoms with E-state index in [1.165, 1.54) is 12.1 Å². The highest BCUT2D eigenvalue weighted by molar-refractivity contribution is 6.30. The van der Waals surface area contributed by atoms with E-state index < -0.39 is 11.4 Å². The van der Waals surface area contributed by atoms with Crippen LogP contribution in [-0.4, -0.2) is 34.6 Å². The molecule has 0 radical (unpaired) electrons. The molecule has 3 nitrogen and oxygen atoms in total. The zero-order valence-corrected chi connectivity index (χ0v) is 14.3. The lowest BCUT2D eigenvalue weighted by Crippen LogP contribution is -2.46. The first kappa shape index (κ1) is 17.5. The van der Waals surface area contributed by atoms with Gasteiger partial charge in [0, 0.05) is 36.5 Å². The SMILES string of the molecule is O=C(c1ccccc1F)N1CCC(O)(C#Cc2cccc(Cl)c2)CC1. The second kappa shape index (κ2) is 7.26. The predicted molar refractivity (Wildman–Crippen MR) is 94.8 cm³/mol. The van der Waals surface area contributed by atoms with Crippen molar-refractivity contribution in [2.45, 2.75) is 18.4 Å². The summed E-state index contributed by atoms with van der Waals surface area (Å²) in [6, 6.07) is 13.0. The van der Waals surface area contributed by atoms with Gasteiger partial charge < -0.3 is 10.0 Å². The first-order valence-corrected chi connectivity index (χ1v) is 8.40. The summed E-state index contributed by atoms with van der Waals surface area (Å²) in [5, 5.41) is 11.2. The standard InChI is InChI=1S/C20H17ClFNO2/c21-16-5-3-4-15(14-16)8-9-20(25)10-12-23(13-11-20)19(24)17-6-1-2-7-18(17)22/h1-7,14,25H,10-13H2. The van der Waals surface area contributed by atoms with E-state index in [9.17, 15) is 14.3 Å². The number of nitrogens with zero attached hydrogens (tertiary/aromatic N) is 1. The summed E-state index contributed by atoms with van der Waals surface area (Å²) in [7, 11) is 0. The zero-order valence-electron chi connectivity index (χ0n) is 13.5. The summed E-state index contributed by atoms with van der Waals surface area (Å²) in [5.41, 5.74) is -0.377. The van der Waals surface area contributed by atoms with E-state index in [0.717, 1.165) is 5.56 Å². The largest absolute Gasteiger partial charge is 0.377 e. The molecule has 0 unspecified atom stereocenters. The van der Waals surface area contributed by atoms with E-state index in [2.05, 4.69) is 11.8 Å². The highest BCUT2D eigenvalue weighted by Crippen LogP contribution is 2.23. The molecule has 1 amide bonds. The van der Waals surface area contributed by atoms with Gasteiger partial charge in [-0.2, -0.15) is 0 Å². The maximum Gasteiger partial charge on any atom is 0.256 e. The second-order valence-electron chi connectivity index (χ2n) is 6.06. The molecule has 1 aliphatic rings. The number of piperidine rings is 1. The molecule has 128 valence electrons. The van der Waals surface area contributed by atoms with Crippen molar-refractivity contribution in [3.05, 3.63) is 70.5 Å². The number of aliphatic hydroxyl groups is 1. The first-order valence-electron chi connectivity index (χ1n) is 8.02. The molecule has 0 atom stereocenters. The van der Waals surface area contributed by atoms with Gasteiger partial charge in [0.25, 0.3) is 5.91 Å². The topological polar surface area (TPSA) is 40.5 Å². The van der Waals surface area contributed by atoms with E-state index in [1.54, 1.807) is 35.2 Å². The van der Waals surface area contributed by atoms with Crippen LogP contribution in [0.25, 0.3) is 0 Å². The summed E-state index contributed by atoms with van der Waals surface area (Å²) in [4.78, 5) is 14.0. The van der Waals surface area contributed by atoms with E-state index in [-0.39, 0.29) is 11.5 Å². The molecule has 0 aromatic heterocycles. The molecule has 2 aromatic carbocycles. The van der Waals surface area contributed by atoms with E-state index in [4.69, 9.17) is 11.6 Å². The highest BCUT2D eigenvalue weighted by atomic mass is 35.5. The second-order valence-corrected chi connectivity index (χ2v) is 6.50. The van der Waals surface area contributed by atoms with Crippen LogP contribution in [0.2, 0.25) is 5.02 Å². The Labute approximate surface area is 151 Å². The first-order chi connectivity index (χ1) is 12.0. The van der Waals surface area contributed by atoms with Crippen LogP contribution >= 0.6 is 11.6 Å². The number of carbonyl (C=O) groups is 1. The minimum Gasteiger partial charge on any atom is -0.377 e. The van der Waals surface area contributed by atoms with E-state index in [0.29, 0.717) is 31.0 Å². The number of hydrogen-bond acceptors (Lipinski definition) is 2. The van der Waals surface area contributed by atoms with Crippen LogP contribution in [0.4, 0.5) is 4.39 Å². The Morgan fingerprint density at radius 2 is 1.88 bits per heavy atom. The van der Waals surface area contributed by atoms with Crippen molar-refractivity contribution in [2.24, 2.45) is 0 Å². The highest BCUT2D eigenvalue weighted by Gasteiger charge is 2.33. The molecule has 2 aromatic rings. The van der Waals surface area contributed by atoms with Crippen molar-refractivity contribution in [1.29, 1.82) is 0 Å². The van der Waals surface area contributed by atoms with Crippen molar-refractivity contribution >= 4 is 17.5 Å². The minimum atomic E-state index is -1.16. The van der Waals surface area contributed by atoms with Gasteiger partial charge in [-0.3, -0.25) is 4.79 Å². The van der Waals surface area contributed by atoms with Gasteiger partial charge in [0.2, 0.25) is 0 Å². The van der Waals surface area contributed by atoms with Crippen molar-refractivity contribution in [1.82, 2.24) is 4.90 Å². The Hall–Kier alpha value is -2.35. The summed E-state index contributed by atoms with van der Waals surface area (Å²) in [6.07, 6.45) is 0.640. The lowest BCUT2D eigenvalue weighted by atomic mass is 9.91. The Bertz CT molecular complexity index is 848. The Balaban J connectivity index is 1.67. The maximum absolute atomic E-state index is 13.8. The van der Waals surface area contributed by atoms with Crippen molar-refractivity contribution in [3.63, 3.8) is 0 Å². The van der Waals surface area contributed by atoms with Crippen molar-refractivity contribution < 1.29 is 14.3 Å². The van der Waals surface area contributed by atoms with Gasteiger partial charge in [0.1, 0.15) is 11.4 Å². The maximum atomic E-state index is 13.8. The molecule has 1 heterocycles. The van der Waals surface area contributed by atoms with Gasteiger partial charge in [-0.15, -0.1) is 0 Å². The molecule has 1 fully saturated rings. The molecule has 1 N–H and O–H groups in total. The van der Waals surface area contributed by atoms with E-state index >= 15 is 0 Å². The summed E-state index contributed by atoms with van der Waals surface area (Å²) < 4.78 is 13.8. The van der Waals surface area contributed by atoms with Crippen LogP contribution in [0.15, 0.2) is 48.5 Å². The quantitative estimate of drug-likeness (QED) is 0.794. The fourth-order valence-electron chi connectivity index (χ4n) is 2.76. The number of halogens is 2. The average molecular weight is 358 g/mol. The molecule has 0 saturated carbocycles. The molecule has 1 saturated heterocycles. The van der Waals surface area contributed by atoms with Gasteiger partial charge >= 0.3 is 0 Å². The molecular weight excluding hydrogens is 341 g/mol. The van der Waals surface area contributed by atoms with Crippen LogP contribution in [-0.2, 0) is 0 Å². The smallest absolute Gasteiger partial charge is 0.256 e. The van der Waals surface area contributed by atoms with Crippen molar-refractivity contribution in [3.8, 4) is 11.8 Å². The zero-order chi connectivity index (χ0) is 17.9. The van der Waals surface area contributed by atoms with Gasteiger partial charge in [-0.05, 0) is 30.3 Å². The summed E-state index contributed by atoms with van der Waals surface area (Å²) in [6.45, 7) is 0.655. The van der Waals surface area contributed by atoms with Crippen LogP contribution in [0.1, 0.15) is 28.8 Å². The molecule has 3 rings (SSSR count). The van der Waals surface area contributed by atoms with Gasteiger partial charge in [-0.1, -0.05) is 41.6 Å². The molecule has 1 aliphatic heterocycles. The third-order valence-corrected chi connectivity index (χ3v) is 4.48. The fraction of sp³-hybridized carbons (Fsp3) is 0.250. The number of carbonyl (C=O) groups excluding carboxylic acids is 1. The molecule has 5 heteroatoms. The van der Waals surface area contributed by atoms with Crippen molar-refractivity contribution in [2.75, 3.05) is 13.1 Å². The van der Waals surface area contributed by atoms with Crippen LogP contribution in [0, 0.1) is 17.7 Å². The Morgan fingerprint density at radius 3 is 2.56 bits per heavy atom. The fourth-order valence-corrected chi connectivity index (χ4v) is 2.95. The lowest BCUT2D eigenvalue weighted by molar-refractivity contribution is 0.0247. The normalized spacial score (nSPS) is 16.0. The minimum absolute atomic E-state index is 0.0537. The number of likely N-dealkylation sites (tertiary alicyclic amines) is 1. The molecular formula is C20H17ClFNO2. The van der Waals surface area contributed by atoms with Crippen LogP contribution in [0.5, 0.6) is 0 Å². The number of hydrogen-bond donors (Lipinski definition) is 1. The molecule has 0 aliphatic carbocycles. The van der Waals surface area contributed by atoms with E-state index in [1.807, 2.05) is 6.07 Å². The van der Waals surface area contributed by atoms with Crippen LogP contribution in [0.3, 0.4) is 0 Å². The van der Waals surface area contributed by atoms with Gasteiger partial charge in [0.05, 0.1) is 5.56 Å².